The van der Waals surface area contributed by atoms with E-state index in [-0.39, 0.29) is 5.91 Å². The van der Waals surface area contributed by atoms with Crippen LogP contribution in [0.5, 0.6) is 0 Å². The normalized spacial score (nSPS) is 16.4. The highest BCUT2D eigenvalue weighted by Crippen LogP contribution is 2.17. The number of rotatable bonds is 2. The van der Waals surface area contributed by atoms with Gasteiger partial charge in [-0.3, -0.25) is 4.79 Å². The van der Waals surface area contributed by atoms with E-state index >= 15 is 0 Å². The second-order valence-electron chi connectivity index (χ2n) is 5.33. The highest BCUT2D eigenvalue weighted by molar-refractivity contribution is 5.92. The average Bonchev–Trinajstić information content (AvgIpc) is 2.98. The number of carbonyl (C=O) groups excluding carboxylic acids is 1. The summed E-state index contributed by atoms with van der Waals surface area (Å²) in [5.74, 6) is 0.693. The molecule has 0 spiro atoms. The number of aromatic nitrogens is 3. The number of amides is 1. The summed E-state index contributed by atoms with van der Waals surface area (Å²) in [5, 5.41) is 8.46. The number of hydrogen-bond donors (Lipinski definition) is 0. The lowest BCUT2D eigenvalue weighted by Gasteiger charge is -2.29. The molecule has 0 unspecified atom stereocenters. The Hall–Kier alpha value is -2.17. The molecule has 1 aliphatic heterocycles. The summed E-state index contributed by atoms with van der Waals surface area (Å²) < 4.78 is 0. The molecule has 0 bridgehead atoms. The van der Waals surface area contributed by atoms with Gasteiger partial charge < -0.3 is 4.90 Å². The van der Waals surface area contributed by atoms with Crippen LogP contribution in [0.4, 0.5) is 0 Å². The van der Waals surface area contributed by atoms with E-state index < -0.39 is 0 Å². The van der Waals surface area contributed by atoms with E-state index in [1.807, 2.05) is 35.2 Å². The molecule has 0 N–H and O–H groups in total. The number of para-hydroxylation sites is 1. The van der Waals surface area contributed by atoms with Crippen LogP contribution < -0.4 is 0 Å². The molecular formula is C15H18N4O. The van der Waals surface area contributed by atoms with Crippen molar-refractivity contribution in [2.45, 2.75) is 19.8 Å². The maximum atomic E-state index is 12.4. The standard InChI is InChI=1S/C15H18N4O/c1-12-7-9-18(10-8-12)15(20)14-11-16-19(17-14)13-5-3-2-4-6-13/h2-6,11-12H,7-10H2,1H3. The van der Waals surface area contributed by atoms with Crippen LogP contribution in [-0.4, -0.2) is 38.9 Å². The minimum Gasteiger partial charge on any atom is -0.337 e. The Balaban J connectivity index is 1.75. The Morgan fingerprint density at radius 1 is 1.20 bits per heavy atom. The average molecular weight is 270 g/mol. The molecule has 1 amide bonds. The second kappa shape index (κ2) is 5.45. The quantitative estimate of drug-likeness (QED) is 0.840. The minimum absolute atomic E-state index is 0.0147. The molecule has 5 nitrogen and oxygen atoms in total. The fraction of sp³-hybridized carbons (Fsp3) is 0.400. The number of benzene rings is 1. The minimum atomic E-state index is -0.0147. The first kappa shape index (κ1) is 12.8. The van der Waals surface area contributed by atoms with E-state index in [1.54, 1.807) is 6.20 Å². The Kier molecular flexibility index (Phi) is 3.50. The molecule has 1 fully saturated rings. The SMILES string of the molecule is CC1CCN(C(=O)c2cnn(-c3ccccc3)n2)CC1. The van der Waals surface area contributed by atoms with Crippen molar-refractivity contribution in [1.29, 1.82) is 0 Å². The first-order chi connectivity index (χ1) is 9.74. The molecule has 1 aliphatic rings. The highest BCUT2D eigenvalue weighted by atomic mass is 16.2. The van der Waals surface area contributed by atoms with Gasteiger partial charge in [-0.05, 0) is 30.9 Å². The summed E-state index contributed by atoms with van der Waals surface area (Å²) in [6.07, 6.45) is 3.69. The van der Waals surface area contributed by atoms with Gasteiger partial charge in [0.2, 0.25) is 0 Å². The van der Waals surface area contributed by atoms with Crippen molar-refractivity contribution in [2.75, 3.05) is 13.1 Å². The van der Waals surface area contributed by atoms with Gasteiger partial charge in [0.15, 0.2) is 5.69 Å². The highest BCUT2D eigenvalue weighted by Gasteiger charge is 2.23. The molecule has 0 radical (unpaired) electrons. The lowest BCUT2D eigenvalue weighted by Crippen LogP contribution is -2.38. The smallest absolute Gasteiger partial charge is 0.276 e. The van der Waals surface area contributed by atoms with E-state index in [2.05, 4.69) is 17.1 Å². The summed E-state index contributed by atoms with van der Waals surface area (Å²) in [5.41, 5.74) is 1.28. The molecule has 1 saturated heterocycles. The lowest BCUT2D eigenvalue weighted by molar-refractivity contribution is 0.0691. The third-order valence-corrected chi connectivity index (χ3v) is 3.77. The number of likely N-dealkylation sites (tertiary alicyclic amines) is 1. The lowest BCUT2D eigenvalue weighted by atomic mass is 9.99. The van der Waals surface area contributed by atoms with Gasteiger partial charge in [0.05, 0.1) is 11.9 Å². The van der Waals surface area contributed by atoms with E-state index in [0.717, 1.165) is 31.6 Å². The van der Waals surface area contributed by atoms with Crippen LogP contribution in [0.15, 0.2) is 36.5 Å². The van der Waals surface area contributed by atoms with Crippen molar-refractivity contribution in [3.63, 3.8) is 0 Å². The molecule has 2 aromatic rings. The number of hydrogen-bond acceptors (Lipinski definition) is 3. The van der Waals surface area contributed by atoms with Gasteiger partial charge in [-0.25, -0.2) is 0 Å². The number of carbonyl (C=O) groups is 1. The first-order valence-corrected chi connectivity index (χ1v) is 7.01. The Morgan fingerprint density at radius 2 is 1.90 bits per heavy atom. The van der Waals surface area contributed by atoms with Gasteiger partial charge in [0, 0.05) is 13.1 Å². The van der Waals surface area contributed by atoms with Crippen LogP contribution >= 0.6 is 0 Å². The maximum Gasteiger partial charge on any atom is 0.276 e. The number of nitrogens with zero attached hydrogens (tertiary/aromatic N) is 4. The van der Waals surface area contributed by atoms with Crippen molar-refractivity contribution in [1.82, 2.24) is 19.9 Å². The van der Waals surface area contributed by atoms with Gasteiger partial charge in [-0.1, -0.05) is 25.1 Å². The fourth-order valence-corrected chi connectivity index (χ4v) is 2.42. The van der Waals surface area contributed by atoms with Crippen LogP contribution in [0.1, 0.15) is 30.3 Å². The first-order valence-electron chi connectivity index (χ1n) is 7.01. The van der Waals surface area contributed by atoms with E-state index in [0.29, 0.717) is 11.6 Å². The molecule has 0 aliphatic carbocycles. The van der Waals surface area contributed by atoms with E-state index in [1.165, 1.54) is 4.80 Å². The van der Waals surface area contributed by atoms with Crippen molar-refractivity contribution in [2.24, 2.45) is 5.92 Å². The fourth-order valence-electron chi connectivity index (χ4n) is 2.42. The molecule has 104 valence electrons. The molecule has 0 atom stereocenters. The summed E-state index contributed by atoms with van der Waals surface area (Å²) in [6, 6.07) is 9.61. The molecule has 2 heterocycles. The van der Waals surface area contributed by atoms with Gasteiger partial charge in [0.25, 0.3) is 5.91 Å². The Labute approximate surface area is 118 Å². The van der Waals surface area contributed by atoms with Gasteiger partial charge in [0.1, 0.15) is 0 Å². The van der Waals surface area contributed by atoms with Crippen LogP contribution in [0.3, 0.4) is 0 Å². The third kappa shape index (κ3) is 2.57. The predicted octanol–water partition coefficient (Wildman–Crippen LogP) is 2.14. The second-order valence-corrected chi connectivity index (χ2v) is 5.33. The topological polar surface area (TPSA) is 51.0 Å². The maximum absolute atomic E-state index is 12.4. The molecule has 1 aromatic heterocycles. The van der Waals surface area contributed by atoms with Crippen LogP contribution in [0, 0.1) is 5.92 Å². The predicted molar refractivity (Wildman–Crippen MR) is 75.7 cm³/mol. The molecule has 0 saturated carbocycles. The molecule has 1 aromatic carbocycles. The van der Waals surface area contributed by atoms with Crippen LogP contribution in [0.2, 0.25) is 0 Å². The summed E-state index contributed by atoms with van der Waals surface area (Å²) in [6.45, 7) is 3.86. The molecule has 20 heavy (non-hydrogen) atoms. The van der Waals surface area contributed by atoms with Crippen molar-refractivity contribution < 1.29 is 4.79 Å². The Morgan fingerprint density at radius 3 is 2.60 bits per heavy atom. The monoisotopic (exact) mass is 270 g/mol. The van der Waals surface area contributed by atoms with Crippen molar-refractivity contribution in [3.05, 3.63) is 42.2 Å². The zero-order chi connectivity index (χ0) is 13.9. The van der Waals surface area contributed by atoms with E-state index in [9.17, 15) is 4.79 Å². The summed E-state index contributed by atoms with van der Waals surface area (Å²) in [7, 11) is 0. The third-order valence-electron chi connectivity index (χ3n) is 3.77. The van der Waals surface area contributed by atoms with Crippen molar-refractivity contribution >= 4 is 5.91 Å². The summed E-state index contributed by atoms with van der Waals surface area (Å²) >= 11 is 0. The van der Waals surface area contributed by atoms with E-state index in [4.69, 9.17) is 0 Å². The van der Waals surface area contributed by atoms with Gasteiger partial charge >= 0.3 is 0 Å². The molecule has 5 heteroatoms. The Bertz CT molecular complexity index is 585. The number of piperidine rings is 1. The zero-order valence-electron chi connectivity index (χ0n) is 11.6. The molecular weight excluding hydrogens is 252 g/mol. The van der Waals surface area contributed by atoms with Crippen molar-refractivity contribution in [3.8, 4) is 5.69 Å². The largest absolute Gasteiger partial charge is 0.337 e. The molecule has 3 rings (SSSR count). The summed E-state index contributed by atoms with van der Waals surface area (Å²) in [4.78, 5) is 15.7. The zero-order valence-corrected chi connectivity index (χ0v) is 11.6. The van der Waals surface area contributed by atoms with Crippen LogP contribution in [-0.2, 0) is 0 Å². The van der Waals surface area contributed by atoms with Gasteiger partial charge in [-0.15, -0.1) is 5.10 Å². The van der Waals surface area contributed by atoms with Gasteiger partial charge in [-0.2, -0.15) is 9.90 Å². The van der Waals surface area contributed by atoms with Crippen LogP contribution in [0.25, 0.3) is 5.69 Å².